The molecule has 3 rings (SSSR count). The summed E-state index contributed by atoms with van der Waals surface area (Å²) in [5, 5.41) is 8.82. The molecule has 1 aliphatic rings. The van der Waals surface area contributed by atoms with Crippen molar-refractivity contribution in [3.05, 3.63) is 35.5 Å². The lowest BCUT2D eigenvalue weighted by Crippen LogP contribution is -2.46. The summed E-state index contributed by atoms with van der Waals surface area (Å²) in [6.07, 6.45) is 3.73. The lowest BCUT2D eigenvalue weighted by atomic mass is 10.2. The molecule has 7 nitrogen and oxygen atoms in total. The molecule has 1 N–H and O–H groups in total. The molecule has 0 bridgehead atoms. The highest BCUT2D eigenvalue weighted by molar-refractivity contribution is 7.91. The van der Waals surface area contributed by atoms with E-state index >= 15 is 0 Å². The number of hydrogen-bond acceptors (Lipinski definition) is 5. The van der Waals surface area contributed by atoms with Crippen LogP contribution in [0.5, 0.6) is 0 Å². The molecule has 0 radical (unpaired) electrons. The quantitative estimate of drug-likeness (QED) is 0.824. The van der Waals surface area contributed by atoms with Crippen LogP contribution >= 0.6 is 11.3 Å². The smallest absolute Gasteiger partial charge is 0.253 e. The summed E-state index contributed by atoms with van der Waals surface area (Å²) in [5.41, 5.74) is 0.896. The van der Waals surface area contributed by atoms with Crippen LogP contribution in [-0.2, 0) is 28.3 Å². The van der Waals surface area contributed by atoms with Gasteiger partial charge < -0.3 is 5.32 Å². The van der Waals surface area contributed by atoms with E-state index < -0.39 is 16.1 Å². The van der Waals surface area contributed by atoms with E-state index in [9.17, 15) is 13.2 Å². The van der Waals surface area contributed by atoms with E-state index in [1.54, 1.807) is 22.2 Å². The molecule has 2 aromatic heterocycles. The highest BCUT2D eigenvalue weighted by atomic mass is 32.2. The summed E-state index contributed by atoms with van der Waals surface area (Å²) in [6, 6.07) is 4.56. The van der Waals surface area contributed by atoms with Crippen LogP contribution in [0.15, 0.2) is 34.0 Å². The Labute approximate surface area is 145 Å². The van der Waals surface area contributed by atoms with Gasteiger partial charge in [-0.05, 0) is 30.4 Å². The van der Waals surface area contributed by atoms with Gasteiger partial charge in [0, 0.05) is 32.8 Å². The summed E-state index contributed by atoms with van der Waals surface area (Å²) in [5.74, 6) is -0.233. The molecule has 3 heterocycles. The molecule has 9 heteroatoms. The van der Waals surface area contributed by atoms with E-state index in [2.05, 4.69) is 10.4 Å². The third-order valence-corrected chi connectivity index (χ3v) is 7.29. The van der Waals surface area contributed by atoms with Gasteiger partial charge in [-0.15, -0.1) is 11.3 Å². The van der Waals surface area contributed by atoms with Crippen LogP contribution in [0.4, 0.5) is 0 Å². The van der Waals surface area contributed by atoms with Crippen molar-refractivity contribution in [2.45, 2.75) is 29.5 Å². The third kappa shape index (κ3) is 3.52. The maximum atomic E-state index is 12.7. The number of aryl methyl sites for hydroxylation is 1. The fraction of sp³-hybridized carbons (Fsp3) is 0.467. The van der Waals surface area contributed by atoms with Gasteiger partial charge in [-0.25, -0.2) is 8.42 Å². The summed E-state index contributed by atoms with van der Waals surface area (Å²) >= 11 is 1.18. The van der Waals surface area contributed by atoms with Crippen LogP contribution in [0.25, 0.3) is 0 Å². The highest BCUT2D eigenvalue weighted by Gasteiger charge is 2.39. The van der Waals surface area contributed by atoms with Crippen LogP contribution < -0.4 is 5.32 Å². The number of aromatic nitrogens is 2. The summed E-state index contributed by atoms with van der Waals surface area (Å²) in [4.78, 5) is 12.4. The Morgan fingerprint density at radius 2 is 2.29 bits per heavy atom. The van der Waals surface area contributed by atoms with Crippen LogP contribution in [0.2, 0.25) is 0 Å². The van der Waals surface area contributed by atoms with Gasteiger partial charge in [0.1, 0.15) is 10.3 Å². The second-order valence-electron chi connectivity index (χ2n) is 5.73. The number of carbonyl (C=O) groups excluding carboxylic acids is 1. The lowest BCUT2D eigenvalue weighted by molar-refractivity contribution is -0.124. The topological polar surface area (TPSA) is 84.3 Å². The Kier molecular flexibility index (Phi) is 5.02. The maximum absolute atomic E-state index is 12.7. The minimum Gasteiger partial charge on any atom is -0.354 e. The van der Waals surface area contributed by atoms with Gasteiger partial charge in [0.2, 0.25) is 5.91 Å². The van der Waals surface area contributed by atoms with Crippen molar-refractivity contribution in [3.63, 3.8) is 0 Å². The number of hydrogen-bond donors (Lipinski definition) is 1. The number of thiophene rings is 1. The molecule has 0 unspecified atom stereocenters. The Morgan fingerprint density at radius 1 is 1.46 bits per heavy atom. The van der Waals surface area contributed by atoms with Crippen molar-refractivity contribution in [2.75, 3.05) is 13.1 Å². The van der Waals surface area contributed by atoms with Crippen molar-refractivity contribution in [3.8, 4) is 0 Å². The molecule has 0 saturated carbocycles. The fourth-order valence-electron chi connectivity index (χ4n) is 2.84. The molecular formula is C15H20N4O3S2. The van der Waals surface area contributed by atoms with E-state index in [-0.39, 0.29) is 10.1 Å². The van der Waals surface area contributed by atoms with Gasteiger partial charge in [-0.2, -0.15) is 9.40 Å². The largest absolute Gasteiger partial charge is 0.354 e. The zero-order chi connectivity index (χ0) is 17.2. The normalized spacial score (nSPS) is 18.8. The van der Waals surface area contributed by atoms with Crippen molar-refractivity contribution in [2.24, 2.45) is 7.05 Å². The molecule has 0 spiro atoms. The molecule has 0 aromatic carbocycles. The number of nitrogens with zero attached hydrogens (tertiary/aromatic N) is 3. The van der Waals surface area contributed by atoms with Crippen LogP contribution in [0, 0.1) is 0 Å². The molecular weight excluding hydrogens is 348 g/mol. The summed E-state index contributed by atoms with van der Waals surface area (Å²) in [7, 11) is -1.75. The fourth-order valence-corrected chi connectivity index (χ4v) is 5.62. The van der Waals surface area contributed by atoms with E-state index in [4.69, 9.17) is 0 Å². The first-order chi connectivity index (χ1) is 11.5. The molecule has 0 aliphatic carbocycles. The van der Waals surface area contributed by atoms with E-state index in [1.165, 1.54) is 15.6 Å². The lowest BCUT2D eigenvalue weighted by Gasteiger charge is -2.22. The zero-order valence-electron chi connectivity index (χ0n) is 13.4. The zero-order valence-corrected chi connectivity index (χ0v) is 15.0. The predicted octanol–water partition coefficient (Wildman–Crippen LogP) is 0.994. The number of amides is 1. The summed E-state index contributed by atoms with van der Waals surface area (Å²) < 4.78 is 28.6. The Hall–Kier alpha value is -1.71. The molecule has 24 heavy (non-hydrogen) atoms. The van der Waals surface area contributed by atoms with Crippen molar-refractivity contribution in [1.82, 2.24) is 19.4 Å². The molecule has 1 fully saturated rings. The number of rotatable bonds is 6. The highest BCUT2D eigenvalue weighted by Crippen LogP contribution is 2.28. The Balaban J connectivity index is 1.61. The van der Waals surface area contributed by atoms with E-state index in [0.29, 0.717) is 32.4 Å². The molecule has 1 atom stereocenters. The molecule has 2 aromatic rings. The predicted molar refractivity (Wildman–Crippen MR) is 91.2 cm³/mol. The van der Waals surface area contributed by atoms with Crippen LogP contribution in [-0.4, -0.2) is 47.5 Å². The van der Waals surface area contributed by atoms with Gasteiger partial charge >= 0.3 is 0 Å². The summed E-state index contributed by atoms with van der Waals surface area (Å²) in [6.45, 7) is 0.831. The first-order valence-corrected chi connectivity index (χ1v) is 10.1. The van der Waals surface area contributed by atoms with Gasteiger partial charge in [-0.3, -0.25) is 9.48 Å². The average Bonchev–Trinajstić information content (AvgIpc) is 3.29. The van der Waals surface area contributed by atoms with Crippen molar-refractivity contribution >= 4 is 27.3 Å². The Bertz CT molecular complexity index is 799. The SMILES string of the molecule is Cn1ccc(CCNC(=O)[C@@H]2CCCN2S(=O)(=O)c2cccs2)n1. The first-order valence-electron chi connectivity index (χ1n) is 7.80. The monoisotopic (exact) mass is 368 g/mol. The molecule has 130 valence electrons. The Morgan fingerprint density at radius 3 is 2.96 bits per heavy atom. The maximum Gasteiger partial charge on any atom is 0.253 e. The number of sulfonamides is 1. The molecule has 1 amide bonds. The van der Waals surface area contributed by atoms with Gasteiger partial charge in [0.25, 0.3) is 10.0 Å². The molecule has 1 saturated heterocycles. The number of nitrogens with one attached hydrogen (secondary N) is 1. The van der Waals surface area contributed by atoms with E-state index in [0.717, 1.165) is 5.69 Å². The minimum atomic E-state index is -3.59. The number of carbonyl (C=O) groups is 1. The van der Waals surface area contributed by atoms with Crippen molar-refractivity contribution in [1.29, 1.82) is 0 Å². The van der Waals surface area contributed by atoms with Gasteiger partial charge in [0.05, 0.1) is 5.69 Å². The van der Waals surface area contributed by atoms with Crippen LogP contribution in [0.3, 0.4) is 0 Å². The average molecular weight is 368 g/mol. The van der Waals surface area contributed by atoms with Gasteiger partial charge in [-0.1, -0.05) is 6.07 Å². The second-order valence-corrected chi connectivity index (χ2v) is 8.79. The van der Waals surface area contributed by atoms with Crippen LogP contribution in [0.1, 0.15) is 18.5 Å². The standard InChI is InChI=1S/C15H20N4O3S2/c1-18-10-7-12(17-18)6-8-16-15(20)13-4-2-9-19(13)24(21,22)14-5-3-11-23-14/h3,5,7,10-11,13H,2,4,6,8-9H2,1H3,(H,16,20)/t13-/m0/s1. The minimum absolute atomic E-state index is 0.233. The molecule has 1 aliphatic heterocycles. The van der Waals surface area contributed by atoms with Crippen molar-refractivity contribution < 1.29 is 13.2 Å². The van der Waals surface area contributed by atoms with E-state index in [1.807, 2.05) is 19.3 Å². The third-order valence-electron chi connectivity index (χ3n) is 4.01. The van der Waals surface area contributed by atoms with Gasteiger partial charge in [0.15, 0.2) is 0 Å². The second kappa shape index (κ2) is 7.04. The first kappa shape index (κ1) is 17.1.